The molecule has 0 bridgehead atoms. The van der Waals surface area contributed by atoms with Crippen molar-refractivity contribution in [3.8, 4) is 0 Å². The molecule has 0 radical (unpaired) electrons. The Hall–Kier alpha value is -2.75. The quantitative estimate of drug-likeness (QED) is 0.823. The maximum atomic E-state index is 11.6. The monoisotopic (exact) mass is 342 g/mol. The molecule has 0 unspecified atom stereocenters. The number of fused-ring (bicyclic) bond motifs is 1. The summed E-state index contributed by atoms with van der Waals surface area (Å²) >= 11 is 0. The van der Waals surface area contributed by atoms with Gasteiger partial charge in [0.2, 0.25) is 0 Å². The van der Waals surface area contributed by atoms with Gasteiger partial charge in [-0.1, -0.05) is 12.1 Å². The summed E-state index contributed by atoms with van der Waals surface area (Å²) in [6.45, 7) is 0. The molecule has 0 atom stereocenters. The summed E-state index contributed by atoms with van der Waals surface area (Å²) in [7, 11) is -3.60. The van der Waals surface area contributed by atoms with E-state index in [2.05, 4.69) is 8.92 Å². The van der Waals surface area contributed by atoms with Gasteiger partial charge in [0.1, 0.15) is 11.3 Å². The summed E-state index contributed by atoms with van der Waals surface area (Å²) < 4.78 is 37.8. The molecule has 1 heterocycles. The highest BCUT2D eigenvalue weighted by Crippen LogP contribution is 2.28. The van der Waals surface area contributed by atoms with Gasteiger partial charge in [-0.15, -0.1) is 0 Å². The Balaban J connectivity index is 1.98. The number of hydrogen-bond donors (Lipinski definition) is 2. The lowest BCUT2D eigenvalue weighted by Gasteiger charge is -2.05. The summed E-state index contributed by atoms with van der Waals surface area (Å²) in [5, 5.41) is 0.704. The van der Waals surface area contributed by atoms with E-state index in [1.54, 1.807) is 24.3 Å². The van der Waals surface area contributed by atoms with Crippen molar-refractivity contribution in [3.63, 3.8) is 0 Å². The second kappa shape index (κ2) is 6.57. The van der Waals surface area contributed by atoms with Crippen LogP contribution in [0.25, 0.3) is 11.0 Å². The van der Waals surface area contributed by atoms with Gasteiger partial charge in [0, 0.05) is 11.8 Å². The van der Waals surface area contributed by atoms with Gasteiger partial charge < -0.3 is 19.1 Å². The van der Waals surface area contributed by atoms with Crippen LogP contribution in [0.3, 0.4) is 0 Å². The van der Waals surface area contributed by atoms with Crippen LogP contribution in [-0.4, -0.2) is 27.6 Å². The summed E-state index contributed by atoms with van der Waals surface area (Å²) in [5.41, 5.74) is 6.84. The van der Waals surface area contributed by atoms with Crippen LogP contribution >= 0.6 is 0 Å². The number of methoxy groups -OCH3 is 1. The molecule has 2 rings (SSSR count). The minimum absolute atomic E-state index is 0.0487. The molecule has 0 spiro atoms. The lowest BCUT2D eigenvalue weighted by atomic mass is 10.2. The first-order chi connectivity index (χ1) is 10.8. The highest BCUT2D eigenvalue weighted by atomic mass is 32.2. The van der Waals surface area contributed by atoms with E-state index in [1.807, 2.05) is 0 Å². The van der Waals surface area contributed by atoms with Crippen molar-refractivity contribution in [1.82, 2.24) is 4.72 Å². The predicted octanol–water partition coefficient (Wildman–Crippen LogP) is 1.09. The Morgan fingerprint density at radius 3 is 2.65 bits per heavy atom. The minimum atomic E-state index is -4.57. The third kappa shape index (κ3) is 4.13. The molecular formula is C13H14N2O7S. The normalized spacial score (nSPS) is 11.2. The van der Waals surface area contributed by atoms with Gasteiger partial charge in [-0.05, 0) is 12.1 Å². The number of amides is 1. The Labute approximate surface area is 131 Å². The van der Waals surface area contributed by atoms with Crippen LogP contribution in [0.5, 0.6) is 0 Å². The van der Waals surface area contributed by atoms with Crippen LogP contribution in [0.1, 0.15) is 12.2 Å². The van der Waals surface area contributed by atoms with Gasteiger partial charge in [-0.2, -0.15) is 13.1 Å². The van der Waals surface area contributed by atoms with Crippen LogP contribution in [0.15, 0.2) is 28.7 Å². The Bertz CT molecular complexity index is 841. The number of nitrogen functional groups attached to an aromatic ring is 1. The number of para-hydroxylation sites is 1. The molecule has 9 nitrogen and oxygen atoms in total. The predicted molar refractivity (Wildman–Crippen MR) is 79.5 cm³/mol. The van der Waals surface area contributed by atoms with Crippen molar-refractivity contribution in [1.29, 1.82) is 0 Å². The molecule has 0 aliphatic rings. The first-order valence-corrected chi connectivity index (χ1v) is 7.82. The number of carbonyl (C=O) groups is 2. The van der Waals surface area contributed by atoms with Crippen molar-refractivity contribution < 1.29 is 31.3 Å². The molecule has 124 valence electrons. The average molecular weight is 342 g/mol. The standard InChI is InChI=1S/C13H14N2O7S/c1-20-13(17)15-23(18,19)22-11(16)7-6-10-12(14)8-4-2-3-5-9(8)21-10/h2-5H,6-7,14H2,1H3,(H,15,17). The fourth-order valence-electron chi connectivity index (χ4n) is 1.85. The summed E-state index contributed by atoms with van der Waals surface area (Å²) in [6.07, 6.45) is -1.52. The van der Waals surface area contributed by atoms with Gasteiger partial charge >= 0.3 is 22.4 Å². The zero-order valence-corrected chi connectivity index (χ0v) is 12.9. The van der Waals surface area contributed by atoms with E-state index in [1.165, 1.54) is 4.72 Å². The molecule has 1 amide bonds. The van der Waals surface area contributed by atoms with Crippen LogP contribution in [0.2, 0.25) is 0 Å². The molecule has 0 saturated carbocycles. The molecule has 2 aromatic rings. The average Bonchev–Trinajstić information content (AvgIpc) is 2.81. The highest BCUT2D eigenvalue weighted by Gasteiger charge is 2.21. The molecule has 3 N–H and O–H groups in total. The first-order valence-electron chi connectivity index (χ1n) is 6.41. The van der Waals surface area contributed by atoms with Crippen LogP contribution < -0.4 is 10.5 Å². The maximum absolute atomic E-state index is 11.6. The van der Waals surface area contributed by atoms with E-state index in [0.29, 0.717) is 22.4 Å². The van der Waals surface area contributed by atoms with E-state index in [-0.39, 0.29) is 12.8 Å². The molecule has 0 fully saturated rings. The van der Waals surface area contributed by atoms with Crippen molar-refractivity contribution in [3.05, 3.63) is 30.0 Å². The van der Waals surface area contributed by atoms with Crippen molar-refractivity contribution in [2.24, 2.45) is 0 Å². The van der Waals surface area contributed by atoms with E-state index >= 15 is 0 Å². The fraction of sp³-hybridized carbons (Fsp3) is 0.231. The topological polar surface area (TPSA) is 138 Å². The number of ether oxygens (including phenoxy) is 1. The number of aryl methyl sites for hydroxylation is 1. The Morgan fingerprint density at radius 2 is 2.00 bits per heavy atom. The number of hydrogen-bond acceptors (Lipinski definition) is 8. The number of furan rings is 1. The molecule has 0 aliphatic heterocycles. The Morgan fingerprint density at radius 1 is 1.30 bits per heavy atom. The zero-order valence-electron chi connectivity index (χ0n) is 12.1. The van der Waals surface area contributed by atoms with Crippen molar-refractivity contribution >= 4 is 39.0 Å². The number of anilines is 1. The van der Waals surface area contributed by atoms with E-state index in [9.17, 15) is 18.0 Å². The zero-order chi connectivity index (χ0) is 17.0. The number of carbonyl (C=O) groups excluding carboxylic acids is 2. The van der Waals surface area contributed by atoms with Crippen LogP contribution in [-0.2, 0) is 30.4 Å². The minimum Gasteiger partial charge on any atom is -0.459 e. The summed E-state index contributed by atoms with van der Waals surface area (Å²) in [4.78, 5) is 22.3. The van der Waals surface area contributed by atoms with E-state index in [4.69, 9.17) is 10.2 Å². The van der Waals surface area contributed by atoms with Crippen molar-refractivity contribution in [2.75, 3.05) is 12.8 Å². The SMILES string of the molecule is COC(=O)NS(=O)(=O)OC(=O)CCc1oc2ccccc2c1N. The van der Waals surface area contributed by atoms with Gasteiger partial charge in [0.05, 0.1) is 19.2 Å². The maximum Gasteiger partial charge on any atom is 0.423 e. The lowest BCUT2D eigenvalue weighted by Crippen LogP contribution is -2.33. The molecule has 0 aliphatic carbocycles. The number of nitrogens with one attached hydrogen (secondary N) is 1. The first kappa shape index (κ1) is 16.6. The number of nitrogens with two attached hydrogens (primary N) is 1. The van der Waals surface area contributed by atoms with E-state index in [0.717, 1.165) is 7.11 Å². The third-order valence-corrected chi connectivity index (χ3v) is 3.69. The molecular weight excluding hydrogens is 328 g/mol. The smallest absolute Gasteiger partial charge is 0.423 e. The van der Waals surface area contributed by atoms with Gasteiger partial charge in [0.25, 0.3) is 0 Å². The van der Waals surface area contributed by atoms with Crippen LogP contribution in [0, 0.1) is 0 Å². The fourth-order valence-corrected chi connectivity index (χ4v) is 2.50. The summed E-state index contributed by atoms with van der Waals surface area (Å²) in [5.74, 6) is -0.720. The van der Waals surface area contributed by atoms with Gasteiger partial charge in [-0.3, -0.25) is 4.79 Å². The largest absolute Gasteiger partial charge is 0.459 e. The molecule has 23 heavy (non-hydrogen) atoms. The molecule has 1 aromatic heterocycles. The van der Waals surface area contributed by atoms with Crippen molar-refractivity contribution in [2.45, 2.75) is 12.8 Å². The number of benzene rings is 1. The van der Waals surface area contributed by atoms with Gasteiger partial charge in [0.15, 0.2) is 0 Å². The van der Waals surface area contributed by atoms with Gasteiger partial charge in [-0.25, -0.2) is 4.79 Å². The Kier molecular flexibility index (Phi) is 4.74. The molecule has 0 saturated heterocycles. The van der Waals surface area contributed by atoms with Crippen LogP contribution in [0.4, 0.5) is 10.5 Å². The summed E-state index contributed by atoms with van der Waals surface area (Å²) in [6, 6.07) is 7.05. The number of rotatable bonds is 5. The molecule has 10 heteroatoms. The third-order valence-electron chi connectivity index (χ3n) is 2.86. The lowest BCUT2D eigenvalue weighted by molar-refractivity contribution is -0.133. The highest BCUT2D eigenvalue weighted by molar-refractivity contribution is 7.85. The second-order valence-electron chi connectivity index (χ2n) is 4.44. The molecule has 1 aromatic carbocycles. The van der Waals surface area contributed by atoms with E-state index < -0.39 is 22.4 Å². The second-order valence-corrected chi connectivity index (χ2v) is 5.72.